The van der Waals surface area contributed by atoms with Crippen LogP contribution in [0.25, 0.3) is 0 Å². The third-order valence-corrected chi connectivity index (χ3v) is 4.74. The van der Waals surface area contributed by atoms with Crippen LogP contribution in [0.3, 0.4) is 0 Å². The van der Waals surface area contributed by atoms with Gasteiger partial charge in [-0.25, -0.2) is 0 Å². The Kier molecular flexibility index (Phi) is 6.39. The number of nitrogens with one attached hydrogen (secondary N) is 1. The van der Waals surface area contributed by atoms with Crippen LogP contribution in [0.1, 0.15) is 27.0 Å². The van der Waals surface area contributed by atoms with E-state index in [1.165, 1.54) is 5.56 Å². The van der Waals surface area contributed by atoms with Gasteiger partial charge in [0.15, 0.2) is 0 Å². The highest BCUT2D eigenvalue weighted by molar-refractivity contribution is 6.04. The van der Waals surface area contributed by atoms with E-state index in [0.717, 1.165) is 22.6 Å². The molecule has 5 heteroatoms. The lowest BCUT2D eigenvalue weighted by Crippen LogP contribution is -2.13. The van der Waals surface area contributed by atoms with Gasteiger partial charge < -0.3 is 19.5 Å². The van der Waals surface area contributed by atoms with E-state index in [2.05, 4.69) is 5.32 Å². The number of rotatable bonds is 7. The first-order valence-corrected chi connectivity index (χ1v) is 9.32. The minimum atomic E-state index is -0.182. The highest BCUT2D eigenvalue weighted by Crippen LogP contribution is 2.25. The second kappa shape index (κ2) is 9.15. The van der Waals surface area contributed by atoms with Crippen molar-refractivity contribution in [3.05, 3.63) is 82.9 Å². The molecule has 3 aromatic rings. The number of carbonyl (C=O) groups excluding carboxylic acids is 1. The molecule has 0 aliphatic heterocycles. The Labute approximate surface area is 171 Å². The van der Waals surface area contributed by atoms with Gasteiger partial charge in [0.1, 0.15) is 23.9 Å². The topological polar surface area (TPSA) is 56.8 Å². The highest BCUT2D eigenvalue weighted by Gasteiger charge is 2.12. The van der Waals surface area contributed by atoms with Crippen LogP contribution in [0.4, 0.5) is 5.69 Å². The fourth-order valence-electron chi connectivity index (χ4n) is 2.91. The SMILES string of the molecule is COc1cccc(OCc2cc(C(=O)Nc3ccc(C)c(C)c3)ccc2OC)c1. The molecule has 1 N–H and O–H groups in total. The minimum absolute atomic E-state index is 0.182. The van der Waals surface area contributed by atoms with Crippen LogP contribution in [0.15, 0.2) is 60.7 Å². The van der Waals surface area contributed by atoms with E-state index in [4.69, 9.17) is 14.2 Å². The Morgan fingerprint density at radius 2 is 1.66 bits per heavy atom. The number of amides is 1. The Balaban J connectivity index is 1.76. The van der Waals surface area contributed by atoms with Gasteiger partial charge in [0.05, 0.1) is 14.2 Å². The minimum Gasteiger partial charge on any atom is -0.497 e. The van der Waals surface area contributed by atoms with Crippen molar-refractivity contribution in [3.63, 3.8) is 0 Å². The number of ether oxygens (including phenoxy) is 3. The molecule has 150 valence electrons. The molecule has 3 rings (SSSR count). The summed E-state index contributed by atoms with van der Waals surface area (Å²) in [6, 6.07) is 18.5. The summed E-state index contributed by atoms with van der Waals surface area (Å²) in [5.74, 6) is 1.88. The van der Waals surface area contributed by atoms with Crippen LogP contribution >= 0.6 is 0 Å². The maximum Gasteiger partial charge on any atom is 0.255 e. The average molecular weight is 391 g/mol. The van der Waals surface area contributed by atoms with Crippen molar-refractivity contribution >= 4 is 11.6 Å². The number of aryl methyl sites for hydroxylation is 2. The molecule has 0 unspecified atom stereocenters. The fraction of sp³-hybridized carbons (Fsp3) is 0.208. The first kappa shape index (κ1) is 20.3. The zero-order valence-electron chi connectivity index (χ0n) is 17.1. The van der Waals surface area contributed by atoms with Crippen molar-refractivity contribution in [2.75, 3.05) is 19.5 Å². The highest BCUT2D eigenvalue weighted by atomic mass is 16.5. The van der Waals surface area contributed by atoms with Gasteiger partial charge >= 0.3 is 0 Å². The first-order valence-electron chi connectivity index (χ1n) is 9.32. The molecule has 0 radical (unpaired) electrons. The van der Waals surface area contributed by atoms with E-state index >= 15 is 0 Å². The smallest absolute Gasteiger partial charge is 0.255 e. The molecule has 29 heavy (non-hydrogen) atoms. The molecule has 0 heterocycles. The normalized spacial score (nSPS) is 10.3. The molecule has 0 aliphatic rings. The van der Waals surface area contributed by atoms with E-state index in [0.29, 0.717) is 17.1 Å². The maximum absolute atomic E-state index is 12.7. The lowest BCUT2D eigenvalue weighted by Gasteiger charge is -2.13. The molecule has 0 aromatic heterocycles. The van der Waals surface area contributed by atoms with Crippen molar-refractivity contribution in [2.24, 2.45) is 0 Å². The predicted octanol–water partition coefficient (Wildman–Crippen LogP) is 5.15. The molecule has 0 fully saturated rings. The van der Waals surface area contributed by atoms with Crippen LogP contribution in [0.2, 0.25) is 0 Å². The predicted molar refractivity (Wildman–Crippen MR) is 114 cm³/mol. The van der Waals surface area contributed by atoms with Gasteiger partial charge in [-0.15, -0.1) is 0 Å². The van der Waals surface area contributed by atoms with Crippen molar-refractivity contribution in [1.82, 2.24) is 0 Å². The first-order chi connectivity index (χ1) is 14.0. The van der Waals surface area contributed by atoms with Gasteiger partial charge in [-0.05, 0) is 67.4 Å². The Morgan fingerprint density at radius 3 is 2.38 bits per heavy atom. The molecular formula is C24H25NO4. The number of carbonyl (C=O) groups is 1. The van der Waals surface area contributed by atoms with E-state index in [9.17, 15) is 4.79 Å². The van der Waals surface area contributed by atoms with Crippen LogP contribution in [-0.2, 0) is 6.61 Å². The molecule has 0 spiro atoms. The van der Waals surface area contributed by atoms with Gasteiger partial charge in [-0.2, -0.15) is 0 Å². The lowest BCUT2D eigenvalue weighted by molar-refractivity contribution is 0.102. The summed E-state index contributed by atoms with van der Waals surface area (Å²) in [4.78, 5) is 12.7. The van der Waals surface area contributed by atoms with Crippen molar-refractivity contribution in [3.8, 4) is 17.2 Å². The molecule has 5 nitrogen and oxygen atoms in total. The molecule has 0 atom stereocenters. The quantitative estimate of drug-likeness (QED) is 0.605. The molecular weight excluding hydrogens is 366 g/mol. The number of methoxy groups -OCH3 is 2. The van der Waals surface area contributed by atoms with Crippen LogP contribution in [0, 0.1) is 13.8 Å². The van der Waals surface area contributed by atoms with E-state index in [1.807, 2.05) is 56.3 Å². The third-order valence-electron chi connectivity index (χ3n) is 4.74. The summed E-state index contributed by atoms with van der Waals surface area (Å²) in [6.45, 7) is 4.33. The Bertz CT molecular complexity index is 1010. The number of benzene rings is 3. The Morgan fingerprint density at radius 1 is 0.862 bits per heavy atom. The van der Waals surface area contributed by atoms with Gasteiger partial charge in [0.25, 0.3) is 5.91 Å². The zero-order valence-corrected chi connectivity index (χ0v) is 17.1. The second-order valence-corrected chi connectivity index (χ2v) is 6.75. The summed E-state index contributed by atoms with van der Waals surface area (Å²) in [5, 5.41) is 2.94. The third kappa shape index (κ3) is 5.08. The Hall–Kier alpha value is -3.47. The summed E-state index contributed by atoms with van der Waals surface area (Å²) < 4.78 is 16.5. The van der Waals surface area contributed by atoms with Gasteiger partial charge in [0, 0.05) is 22.9 Å². The van der Waals surface area contributed by atoms with E-state index in [-0.39, 0.29) is 12.5 Å². The molecule has 0 bridgehead atoms. The van der Waals surface area contributed by atoms with Crippen LogP contribution < -0.4 is 19.5 Å². The van der Waals surface area contributed by atoms with Crippen molar-refractivity contribution in [1.29, 1.82) is 0 Å². The van der Waals surface area contributed by atoms with Crippen LogP contribution in [0.5, 0.6) is 17.2 Å². The molecule has 0 saturated carbocycles. The van der Waals surface area contributed by atoms with Crippen molar-refractivity contribution < 1.29 is 19.0 Å². The number of hydrogen-bond donors (Lipinski definition) is 1. The fourth-order valence-corrected chi connectivity index (χ4v) is 2.91. The number of anilines is 1. The standard InChI is InChI=1S/C24H25NO4/c1-16-8-10-20(12-17(16)2)25-24(26)18-9-11-23(28-4)19(13-18)15-29-22-7-5-6-21(14-22)27-3/h5-14H,15H2,1-4H3,(H,25,26). The molecule has 1 amide bonds. The monoisotopic (exact) mass is 391 g/mol. The summed E-state index contributed by atoms with van der Waals surface area (Å²) in [7, 11) is 3.21. The van der Waals surface area contributed by atoms with Crippen LogP contribution in [-0.4, -0.2) is 20.1 Å². The van der Waals surface area contributed by atoms with E-state index < -0.39 is 0 Å². The lowest BCUT2D eigenvalue weighted by atomic mass is 10.1. The number of hydrogen-bond acceptors (Lipinski definition) is 4. The van der Waals surface area contributed by atoms with Gasteiger partial charge in [-0.3, -0.25) is 4.79 Å². The largest absolute Gasteiger partial charge is 0.497 e. The molecule has 0 aliphatic carbocycles. The second-order valence-electron chi connectivity index (χ2n) is 6.75. The molecule has 0 saturated heterocycles. The summed E-state index contributed by atoms with van der Waals surface area (Å²) in [5.41, 5.74) is 4.40. The van der Waals surface area contributed by atoms with E-state index in [1.54, 1.807) is 32.4 Å². The van der Waals surface area contributed by atoms with Gasteiger partial charge in [-0.1, -0.05) is 12.1 Å². The summed E-state index contributed by atoms with van der Waals surface area (Å²) in [6.07, 6.45) is 0. The van der Waals surface area contributed by atoms with Crippen molar-refractivity contribution in [2.45, 2.75) is 20.5 Å². The zero-order chi connectivity index (χ0) is 20.8. The maximum atomic E-state index is 12.7. The van der Waals surface area contributed by atoms with Gasteiger partial charge in [0.2, 0.25) is 0 Å². The summed E-state index contributed by atoms with van der Waals surface area (Å²) >= 11 is 0. The molecule has 3 aromatic carbocycles. The average Bonchev–Trinajstić information content (AvgIpc) is 2.74.